The minimum atomic E-state index is -1.07. The topological polar surface area (TPSA) is 17.8 Å². The number of hydrogen-bond acceptors (Lipinski definition) is 1. The van der Waals surface area contributed by atoms with Gasteiger partial charge in [-0.3, -0.25) is 4.57 Å². The fourth-order valence-electron chi connectivity index (χ4n) is 2.13. The third-order valence-corrected chi connectivity index (χ3v) is 3.23. The van der Waals surface area contributed by atoms with Crippen molar-refractivity contribution in [1.29, 1.82) is 0 Å². The van der Waals surface area contributed by atoms with Gasteiger partial charge in [0.15, 0.2) is 11.6 Å². The molecule has 0 fully saturated rings. The second-order valence-corrected chi connectivity index (χ2v) is 4.44. The molecule has 0 N–H and O–H groups in total. The maximum Gasteiger partial charge on any atom is 0.185 e. The van der Waals surface area contributed by atoms with Crippen molar-refractivity contribution >= 4 is 22.6 Å². The summed E-state index contributed by atoms with van der Waals surface area (Å²) in [5, 5.41) is 0. The molecule has 0 amide bonds. The molecule has 2 nitrogen and oxygen atoms in total. The number of rotatable bonds is 2. The van der Waals surface area contributed by atoms with Crippen LogP contribution >= 0.6 is 11.6 Å². The van der Waals surface area contributed by atoms with Crippen molar-refractivity contribution in [3.05, 3.63) is 59.7 Å². The van der Waals surface area contributed by atoms with Crippen LogP contribution in [0, 0.1) is 17.5 Å². The summed E-state index contributed by atoms with van der Waals surface area (Å²) >= 11 is 5.78. The van der Waals surface area contributed by atoms with Crippen LogP contribution < -0.4 is 0 Å². The van der Waals surface area contributed by atoms with Gasteiger partial charge in [-0.1, -0.05) is 12.1 Å². The van der Waals surface area contributed by atoms with Gasteiger partial charge >= 0.3 is 0 Å². The van der Waals surface area contributed by atoms with Crippen LogP contribution in [0.3, 0.4) is 0 Å². The maximum absolute atomic E-state index is 14.0. The van der Waals surface area contributed by atoms with E-state index in [1.807, 2.05) is 0 Å². The molecular weight excluding hydrogens is 289 g/mol. The van der Waals surface area contributed by atoms with Gasteiger partial charge in [-0.15, -0.1) is 11.6 Å². The molecule has 20 heavy (non-hydrogen) atoms. The molecular formula is C14H8ClF3N2. The van der Waals surface area contributed by atoms with Crippen LogP contribution in [-0.4, -0.2) is 9.55 Å². The normalized spacial score (nSPS) is 11.2. The zero-order chi connectivity index (χ0) is 14.3. The predicted molar refractivity (Wildman–Crippen MR) is 70.5 cm³/mol. The highest BCUT2D eigenvalue weighted by Crippen LogP contribution is 2.27. The smallest absolute Gasteiger partial charge is 0.185 e. The first-order chi connectivity index (χ1) is 9.63. The Kier molecular flexibility index (Phi) is 3.14. The first kappa shape index (κ1) is 13.0. The Morgan fingerprint density at radius 3 is 2.45 bits per heavy atom. The SMILES string of the molecule is Fc1ccccc1-n1c(CCl)nc2ccc(F)c(F)c21. The summed E-state index contributed by atoms with van der Waals surface area (Å²) in [6, 6.07) is 8.11. The van der Waals surface area contributed by atoms with Crippen molar-refractivity contribution < 1.29 is 13.2 Å². The summed E-state index contributed by atoms with van der Waals surface area (Å²) in [7, 11) is 0. The van der Waals surface area contributed by atoms with E-state index in [0.29, 0.717) is 0 Å². The standard InChI is InChI=1S/C14H8ClF3N2/c15-7-12-19-10-6-5-9(17)13(18)14(10)20(12)11-4-2-1-3-8(11)16/h1-6H,7H2. The van der Waals surface area contributed by atoms with Crippen molar-refractivity contribution in [2.24, 2.45) is 0 Å². The zero-order valence-electron chi connectivity index (χ0n) is 10.1. The Balaban J connectivity index is 2.45. The zero-order valence-corrected chi connectivity index (χ0v) is 10.8. The first-order valence-corrected chi connectivity index (χ1v) is 6.33. The Hall–Kier alpha value is -2.01. The van der Waals surface area contributed by atoms with E-state index < -0.39 is 17.5 Å². The van der Waals surface area contributed by atoms with Gasteiger partial charge in [-0.2, -0.15) is 0 Å². The number of halogens is 4. The van der Waals surface area contributed by atoms with Gasteiger partial charge in [-0.25, -0.2) is 18.2 Å². The minimum Gasteiger partial charge on any atom is -0.290 e. The highest BCUT2D eigenvalue weighted by atomic mass is 35.5. The minimum absolute atomic E-state index is 0.0515. The average molecular weight is 297 g/mol. The van der Waals surface area contributed by atoms with Crippen molar-refractivity contribution in [3.8, 4) is 5.69 Å². The van der Waals surface area contributed by atoms with E-state index in [-0.39, 0.29) is 28.4 Å². The molecule has 0 spiro atoms. The maximum atomic E-state index is 14.0. The molecule has 3 rings (SSSR count). The number of hydrogen-bond donors (Lipinski definition) is 0. The van der Waals surface area contributed by atoms with Crippen molar-refractivity contribution in [3.63, 3.8) is 0 Å². The number of alkyl halides is 1. The van der Waals surface area contributed by atoms with Gasteiger partial charge in [0.25, 0.3) is 0 Å². The van der Waals surface area contributed by atoms with E-state index in [4.69, 9.17) is 11.6 Å². The van der Waals surface area contributed by atoms with Crippen molar-refractivity contribution in [2.45, 2.75) is 5.88 Å². The Bertz CT molecular complexity index is 798. The van der Waals surface area contributed by atoms with Crippen molar-refractivity contribution in [2.75, 3.05) is 0 Å². The summed E-state index contributed by atoms with van der Waals surface area (Å²) in [5.74, 6) is -2.46. The van der Waals surface area contributed by atoms with E-state index in [9.17, 15) is 13.2 Å². The van der Waals surface area contributed by atoms with Crippen LogP contribution in [0.5, 0.6) is 0 Å². The third-order valence-electron chi connectivity index (χ3n) is 2.99. The quantitative estimate of drug-likeness (QED) is 0.649. The number of nitrogens with zero attached hydrogens (tertiary/aromatic N) is 2. The predicted octanol–water partition coefficient (Wildman–Crippen LogP) is 4.18. The summed E-state index contributed by atoms with van der Waals surface area (Å²) in [6.07, 6.45) is 0. The molecule has 1 heterocycles. The monoisotopic (exact) mass is 296 g/mol. The summed E-state index contributed by atoms with van der Waals surface area (Å²) < 4.78 is 42.6. The van der Waals surface area contributed by atoms with Crippen LogP contribution in [0.4, 0.5) is 13.2 Å². The molecule has 0 aliphatic heterocycles. The number of imidazole rings is 1. The van der Waals surface area contributed by atoms with E-state index in [1.54, 1.807) is 6.07 Å². The van der Waals surface area contributed by atoms with Gasteiger partial charge in [0, 0.05) is 0 Å². The second-order valence-electron chi connectivity index (χ2n) is 4.18. The van der Waals surface area contributed by atoms with Gasteiger partial charge in [0.1, 0.15) is 17.2 Å². The molecule has 0 saturated heterocycles. The molecule has 1 aromatic heterocycles. The number of aromatic nitrogens is 2. The fourth-order valence-corrected chi connectivity index (χ4v) is 2.31. The highest BCUT2D eigenvalue weighted by molar-refractivity contribution is 6.17. The highest BCUT2D eigenvalue weighted by Gasteiger charge is 2.19. The Morgan fingerprint density at radius 1 is 1.00 bits per heavy atom. The molecule has 0 unspecified atom stereocenters. The molecule has 102 valence electrons. The van der Waals surface area contributed by atoms with Crippen LogP contribution in [-0.2, 0) is 5.88 Å². The molecule has 0 bridgehead atoms. The molecule has 3 aromatic rings. The largest absolute Gasteiger partial charge is 0.290 e. The molecule has 2 aromatic carbocycles. The Labute approximate surface area is 117 Å². The lowest BCUT2D eigenvalue weighted by atomic mass is 10.2. The van der Waals surface area contributed by atoms with Gasteiger partial charge < -0.3 is 0 Å². The fraction of sp³-hybridized carbons (Fsp3) is 0.0714. The van der Waals surface area contributed by atoms with Crippen LogP contribution in [0.15, 0.2) is 36.4 Å². The Morgan fingerprint density at radius 2 is 1.75 bits per heavy atom. The van der Waals surface area contributed by atoms with E-state index in [0.717, 1.165) is 6.07 Å². The number of benzene rings is 2. The van der Waals surface area contributed by atoms with Crippen molar-refractivity contribution in [1.82, 2.24) is 9.55 Å². The van der Waals surface area contributed by atoms with Crippen LogP contribution in [0.25, 0.3) is 16.7 Å². The third kappa shape index (κ3) is 1.86. The van der Waals surface area contributed by atoms with Crippen LogP contribution in [0.2, 0.25) is 0 Å². The van der Waals surface area contributed by atoms with Crippen LogP contribution in [0.1, 0.15) is 5.82 Å². The lowest BCUT2D eigenvalue weighted by Crippen LogP contribution is -2.03. The molecule has 0 saturated carbocycles. The van der Waals surface area contributed by atoms with Gasteiger partial charge in [0.05, 0.1) is 17.1 Å². The number of para-hydroxylation sites is 1. The van der Waals surface area contributed by atoms with Gasteiger partial charge in [-0.05, 0) is 24.3 Å². The van der Waals surface area contributed by atoms with Gasteiger partial charge in [0.2, 0.25) is 0 Å². The van der Waals surface area contributed by atoms with E-state index in [1.165, 1.54) is 28.8 Å². The summed E-state index contributed by atoms with van der Waals surface area (Å²) in [5.41, 5.74) is 0.184. The lowest BCUT2D eigenvalue weighted by molar-refractivity contribution is 0.513. The summed E-state index contributed by atoms with van der Waals surface area (Å²) in [4.78, 5) is 4.11. The lowest BCUT2D eigenvalue weighted by Gasteiger charge is -2.09. The molecule has 0 atom stereocenters. The first-order valence-electron chi connectivity index (χ1n) is 5.79. The molecule has 0 radical (unpaired) electrons. The molecule has 6 heteroatoms. The average Bonchev–Trinajstić information content (AvgIpc) is 2.82. The van der Waals surface area contributed by atoms with E-state index >= 15 is 0 Å². The molecule has 0 aliphatic rings. The second kappa shape index (κ2) is 4.83. The number of fused-ring (bicyclic) bond motifs is 1. The van der Waals surface area contributed by atoms with E-state index in [2.05, 4.69) is 4.98 Å². The molecule has 0 aliphatic carbocycles. The summed E-state index contributed by atoms with van der Waals surface area (Å²) in [6.45, 7) is 0.